The van der Waals surface area contributed by atoms with E-state index in [2.05, 4.69) is 10.4 Å². The summed E-state index contributed by atoms with van der Waals surface area (Å²) in [5.74, 6) is 0.0246. The van der Waals surface area contributed by atoms with Gasteiger partial charge in [0.1, 0.15) is 16.9 Å². The summed E-state index contributed by atoms with van der Waals surface area (Å²) >= 11 is 0. The van der Waals surface area contributed by atoms with Crippen molar-refractivity contribution in [1.29, 1.82) is 0 Å². The molecule has 8 nitrogen and oxygen atoms in total. The lowest BCUT2D eigenvalue weighted by atomic mass is 10.1. The molecule has 1 N–H and O–H groups in total. The van der Waals surface area contributed by atoms with Gasteiger partial charge in [0, 0.05) is 34.5 Å². The van der Waals surface area contributed by atoms with E-state index in [-0.39, 0.29) is 11.9 Å². The Kier molecular flexibility index (Phi) is 6.40. The highest BCUT2D eigenvalue weighted by Crippen LogP contribution is 2.36. The first kappa shape index (κ1) is 24.1. The number of anilines is 1. The Bertz CT molecular complexity index is 1630. The zero-order valence-corrected chi connectivity index (χ0v) is 21.1. The Hall–Kier alpha value is -4.59. The van der Waals surface area contributed by atoms with Crippen LogP contribution in [0.1, 0.15) is 33.7 Å². The molecule has 0 unspecified atom stereocenters. The first-order valence-electron chi connectivity index (χ1n) is 11.9. The molecule has 2 heterocycles. The summed E-state index contributed by atoms with van der Waals surface area (Å²) in [4.78, 5) is 24.6. The molecule has 0 bridgehead atoms. The summed E-state index contributed by atoms with van der Waals surface area (Å²) in [6, 6.07) is 18.6. The molecule has 1 amide bonds. The number of ether oxygens (including phenoxy) is 2. The molecule has 0 spiro atoms. The van der Waals surface area contributed by atoms with E-state index in [1.807, 2.05) is 61.0 Å². The largest absolute Gasteiger partial charge is 0.495 e. The molecule has 5 aromatic rings. The molecule has 3 aromatic carbocycles. The summed E-state index contributed by atoms with van der Waals surface area (Å²) in [5, 5.41) is 9.48. The van der Waals surface area contributed by atoms with Crippen LogP contribution in [0.5, 0.6) is 5.75 Å². The molecule has 0 radical (unpaired) electrons. The maximum atomic E-state index is 13.1. The summed E-state index contributed by atoms with van der Waals surface area (Å²) in [6.45, 7) is 3.89. The number of carbonyl (C=O) groups is 2. The van der Waals surface area contributed by atoms with E-state index >= 15 is 0 Å². The number of amides is 1. The van der Waals surface area contributed by atoms with Crippen LogP contribution in [0.25, 0.3) is 27.6 Å². The van der Waals surface area contributed by atoms with Gasteiger partial charge < -0.3 is 19.2 Å². The van der Waals surface area contributed by atoms with Gasteiger partial charge in [-0.15, -0.1) is 0 Å². The van der Waals surface area contributed by atoms with Gasteiger partial charge in [0.15, 0.2) is 0 Å². The number of hydrogen-bond acceptors (Lipinski definition) is 6. The van der Waals surface area contributed by atoms with Crippen molar-refractivity contribution in [3.63, 3.8) is 0 Å². The highest BCUT2D eigenvalue weighted by Gasteiger charge is 2.17. The molecule has 0 aliphatic carbocycles. The van der Waals surface area contributed by atoms with Gasteiger partial charge in [-0.2, -0.15) is 5.10 Å². The van der Waals surface area contributed by atoms with Gasteiger partial charge >= 0.3 is 5.97 Å². The number of aryl methyl sites for hydroxylation is 1. The van der Waals surface area contributed by atoms with Crippen LogP contribution in [-0.2, 0) is 16.0 Å². The SMILES string of the molecule is COC(=O)CCc1c(C)nn(-c2ccc(C(=O)Nc3cc4oc5ccccc5c4cc3OC)cc2)c1C. The van der Waals surface area contributed by atoms with E-state index in [0.29, 0.717) is 35.4 Å². The van der Waals surface area contributed by atoms with Gasteiger partial charge in [-0.25, -0.2) is 4.68 Å². The summed E-state index contributed by atoms with van der Waals surface area (Å²) in [7, 11) is 2.96. The molecule has 0 fully saturated rings. The normalized spacial score (nSPS) is 11.1. The van der Waals surface area contributed by atoms with Gasteiger partial charge in [-0.3, -0.25) is 9.59 Å². The van der Waals surface area contributed by atoms with E-state index in [1.165, 1.54) is 7.11 Å². The van der Waals surface area contributed by atoms with Gasteiger partial charge in [0.2, 0.25) is 0 Å². The summed E-state index contributed by atoms with van der Waals surface area (Å²) in [6.07, 6.45) is 0.856. The average Bonchev–Trinajstić information content (AvgIpc) is 3.42. The number of aromatic nitrogens is 2. The molecule has 0 atom stereocenters. The van der Waals surface area contributed by atoms with E-state index in [0.717, 1.165) is 39.0 Å². The Balaban J connectivity index is 1.37. The monoisotopic (exact) mass is 497 g/mol. The molecule has 2 aromatic heterocycles. The average molecular weight is 498 g/mol. The van der Waals surface area contributed by atoms with Crippen LogP contribution < -0.4 is 10.1 Å². The van der Waals surface area contributed by atoms with E-state index in [9.17, 15) is 9.59 Å². The van der Waals surface area contributed by atoms with Crippen molar-refractivity contribution in [2.45, 2.75) is 26.7 Å². The topological polar surface area (TPSA) is 95.6 Å². The minimum absolute atomic E-state index is 0.252. The smallest absolute Gasteiger partial charge is 0.305 e. The van der Waals surface area contributed by atoms with E-state index < -0.39 is 0 Å². The molecule has 37 heavy (non-hydrogen) atoms. The van der Waals surface area contributed by atoms with Gasteiger partial charge in [-0.05, 0) is 62.2 Å². The number of nitrogens with one attached hydrogen (secondary N) is 1. The van der Waals surface area contributed by atoms with Crippen molar-refractivity contribution < 1.29 is 23.5 Å². The zero-order valence-electron chi connectivity index (χ0n) is 21.1. The van der Waals surface area contributed by atoms with Gasteiger partial charge in [0.05, 0.1) is 31.3 Å². The minimum atomic E-state index is -0.271. The maximum absolute atomic E-state index is 13.1. The van der Waals surface area contributed by atoms with Crippen molar-refractivity contribution in [3.05, 3.63) is 83.2 Å². The van der Waals surface area contributed by atoms with Crippen LogP contribution in [0.3, 0.4) is 0 Å². The molecule has 0 aliphatic heterocycles. The van der Waals surface area contributed by atoms with Gasteiger partial charge in [-0.1, -0.05) is 18.2 Å². The minimum Gasteiger partial charge on any atom is -0.495 e. The molecule has 5 rings (SSSR count). The van der Waals surface area contributed by atoms with Crippen molar-refractivity contribution >= 4 is 39.5 Å². The second-order valence-corrected chi connectivity index (χ2v) is 8.79. The fourth-order valence-electron chi connectivity index (χ4n) is 4.58. The quantitative estimate of drug-likeness (QED) is 0.288. The van der Waals surface area contributed by atoms with Crippen LogP contribution >= 0.6 is 0 Å². The van der Waals surface area contributed by atoms with Crippen molar-refractivity contribution in [2.75, 3.05) is 19.5 Å². The van der Waals surface area contributed by atoms with Crippen molar-refractivity contribution in [1.82, 2.24) is 9.78 Å². The third kappa shape index (κ3) is 4.53. The number of furan rings is 1. The molecule has 0 saturated carbocycles. The third-order valence-electron chi connectivity index (χ3n) is 6.57. The van der Waals surface area contributed by atoms with Crippen LogP contribution in [0.15, 0.2) is 65.1 Å². The number of carbonyl (C=O) groups excluding carboxylic acids is 2. The van der Waals surface area contributed by atoms with Gasteiger partial charge in [0.25, 0.3) is 5.91 Å². The first-order chi connectivity index (χ1) is 17.9. The predicted octanol–water partition coefficient (Wildman–Crippen LogP) is 5.76. The Labute approximate surface area is 213 Å². The Morgan fingerprint density at radius 2 is 1.73 bits per heavy atom. The number of nitrogens with zero attached hydrogens (tertiary/aromatic N) is 2. The molecular weight excluding hydrogens is 470 g/mol. The fraction of sp³-hybridized carbons (Fsp3) is 0.207. The molecule has 188 valence electrons. The second kappa shape index (κ2) is 9.81. The maximum Gasteiger partial charge on any atom is 0.305 e. The highest BCUT2D eigenvalue weighted by molar-refractivity contribution is 6.10. The van der Waals surface area contributed by atoms with Crippen LogP contribution in [0, 0.1) is 13.8 Å². The Morgan fingerprint density at radius 1 is 0.973 bits per heavy atom. The molecular formula is C29H27N3O5. The molecule has 8 heteroatoms. The van der Waals surface area contributed by atoms with Crippen molar-refractivity contribution in [2.24, 2.45) is 0 Å². The second-order valence-electron chi connectivity index (χ2n) is 8.79. The number of para-hydroxylation sites is 1. The van der Waals surface area contributed by atoms with Crippen molar-refractivity contribution in [3.8, 4) is 11.4 Å². The summed E-state index contributed by atoms with van der Waals surface area (Å²) in [5.41, 5.74) is 6.10. The first-order valence-corrected chi connectivity index (χ1v) is 11.9. The number of benzene rings is 3. The number of methoxy groups -OCH3 is 2. The van der Waals surface area contributed by atoms with E-state index in [4.69, 9.17) is 13.9 Å². The third-order valence-corrected chi connectivity index (χ3v) is 6.57. The highest BCUT2D eigenvalue weighted by atomic mass is 16.5. The van der Waals surface area contributed by atoms with Crippen LogP contribution in [-0.4, -0.2) is 35.9 Å². The lowest BCUT2D eigenvalue weighted by molar-refractivity contribution is -0.140. The number of rotatable bonds is 7. The van der Waals surface area contributed by atoms with E-state index in [1.54, 1.807) is 25.3 Å². The number of hydrogen-bond donors (Lipinski definition) is 1. The fourth-order valence-corrected chi connectivity index (χ4v) is 4.58. The lowest BCUT2D eigenvalue weighted by Gasteiger charge is -2.11. The van der Waals surface area contributed by atoms with Crippen LogP contribution in [0.2, 0.25) is 0 Å². The molecule has 0 saturated heterocycles. The standard InChI is InChI=1S/C29H27N3O5/c1-17-21(13-14-28(33)36-4)18(2)32(31-17)20-11-9-19(10-12-20)29(34)30-24-16-26-23(15-27(24)35-3)22-7-5-6-8-25(22)37-26/h5-12,15-16H,13-14H2,1-4H3,(H,30,34). The lowest BCUT2D eigenvalue weighted by Crippen LogP contribution is -2.13. The Morgan fingerprint density at radius 3 is 2.46 bits per heavy atom. The predicted molar refractivity (Wildman–Crippen MR) is 142 cm³/mol. The summed E-state index contributed by atoms with van der Waals surface area (Å²) < 4.78 is 18.1. The number of esters is 1. The number of fused-ring (bicyclic) bond motifs is 3. The molecule has 0 aliphatic rings. The zero-order chi connectivity index (χ0) is 26.1. The van der Waals surface area contributed by atoms with Crippen LogP contribution in [0.4, 0.5) is 5.69 Å².